The Labute approximate surface area is 330 Å². The Morgan fingerprint density at radius 1 is 0.643 bits per heavy atom. The molecule has 3 saturated heterocycles. The lowest BCUT2D eigenvalue weighted by molar-refractivity contribution is -0.144. The number of rotatable bonds is 19. The Morgan fingerprint density at radius 3 is 1.54 bits per heavy atom. The number of nitrogens with zero attached hydrogens (tertiary/aromatic N) is 1. The number of ether oxygens (including phenoxy) is 2. The van der Waals surface area contributed by atoms with E-state index in [4.69, 9.17) is 9.47 Å². The molecule has 6 rings (SSSR count). The van der Waals surface area contributed by atoms with E-state index in [2.05, 4.69) is 16.0 Å². The fourth-order valence-corrected chi connectivity index (χ4v) is 8.22. The minimum Gasteiger partial charge on any atom is -0.492 e. The van der Waals surface area contributed by atoms with Gasteiger partial charge in [-0.15, -0.1) is 0 Å². The van der Waals surface area contributed by atoms with E-state index in [1.807, 2.05) is 6.07 Å². The van der Waals surface area contributed by atoms with Crippen molar-refractivity contribution in [1.29, 1.82) is 0 Å². The van der Waals surface area contributed by atoms with Crippen molar-refractivity contribution in [2.45, 2.75) is 45.0 Å². The van der Waals surface area contributed by atoms with Gasteiger partial charge in [0.15, 0.2) is 0 Å². The highest BCUT2D eigenvalue weighted by atomic mass is 16.6. The van der Waals surface area contributed by atoms with E-state index in [0.717, 1.165) is 49.4 Å². The summed E-state index contributed by atoms with van der Waals surface area (Å²) in [4.78, 5) is 51.6. The second-order valence-corrected chi connectivity index (χ2v) is 15.2. The van der Waals surface area contributed by atoms with Crippen molar-refractivity contribution >= 4 is 24.0 Å². The van der Waals surface area contributed by atoms with Crippen LogP contribution in [0.4, 0.5) is 4.79 Å². The Balaban J connectivity index is 1.21. The molecule has 0 bridgehead atoms. The first-order chi connectivity index (χ1) is 27.9. The van der Waals surface area contributed by atoms with Gasteiger partial charge in [-0.2, -0.15) is 0 Å². The molecule has 6 atom stereocenters. The zero-order valence-corrected chi connectivity index (χ0v) is 31.5. The monoisotopic (exact) mass is 772 g/mol. The quantitative estimate of drug-likeness (QED) is 0.102. The van der Waals surface area contributed by atoms with Crippen LogP contribution in [0.2, 0.25) is 0 Å². The number of amides is 1. The predicted octanol–water partition coefficient (Wildman–Crippen LogP) is 4.33. The van der Waals surface area contributed by atoms with E-state index in [9.17, 15) is 37.2 Å². The molecule has 3 heterocycles. The van der Waals surface area contributed by atoms with Crippen LogP contribution in [0.25, 0.3) is 0 Å². The Hall–Kier alpha value is -4.98. The average molecular weight is 773 g/mol. The van der Waals surface area contributed by atoms with Crippen LogP contribution in [0.15, 0.2) is 72.8 Å². The molecule has 6 N–H and O–H groups in total. The summed E-state index contributed by atoms with van der Waals surface area (Å²) in [7, 11) is 0. The number of carboxylic acid groups (broad SMARTS) is 3. The zero-order chi connectivity index (χ0) is 41.2. The van der Waals surface area contributed by atoms with Crippen LogP contribution in [0.5, 0.6) is 11.5 Å². The summed E-state index contributed by atoms with van der Waals surface area (Å²) >= 11 is 0. The summed E-state index contributed by atoms with van der Waals surface area (Å²) in [6.45, 7) is 1.28. The minimum absolute atomic E-state index is 0.0148. The van der Waals surface area contributed by atoms with Gasteiger partial charge in [0.25, 0.3) is 0 Å². The molecule has 3 aromatic rings. The van der Waals surface area contributed by atoms with Gasteiger partial charge in [0.05, 0.1) is 27.0 Å². The molecule has 13 nitrogen and oxygen atoms in total. The average Bonchev–Trinajstić information content (AvgIpc) is 4.02. The van der Waals surface area contributed by atoms with Crippen molar-refractivity contribution < 1.29 is 46.7 Å². The smallest absolute Gasteiger partial charge is 0.415 e. The fourth-order valence-electron chi connectivity index (χ4n) is 8.22. The second-order valence-electron chi connectivity index (χ2n) is 15.2. The first-order valence-corrected chi connectivity index (χ1v) is 19.6. The molecule has 0 radical (unpaired) electrons. The third kappa shape index (κ3) is 11.3. The maximum atomic E-state index is 14.1. The molecule has 1 amide bonds. The molecule has 3 aromatic carbocycles. The molecule has 0 aliphatic carbocycles. The highest BCUT2D eigenvalue weighted by Gasteiger charge is 2.33. The minimum atomic E-state index is -2.45. The number of hydrogen-bond donors (Lipinski definition) is 6. The van der Waals surface area contributed by atoms with Crippen LogP contribution in [0.1, 0.15) is 44.3 Å². The molecule has 3 aliphatic heterocycles. The third-order valence-corrected chi connectivity index (χ3v) is 11.3. The third-order valence-electron chi connectivity index (χ3n) is 11.3. The maximum Gasteiger partial charge on any atom is 0.415 e. The van der Waals surface area contributed by atoms with E-state index in [-0.39, 0.29) is 55.1 Å². The molecule has 56 heavy (non-hydrogen) atoms. The summed E-state index contributed by atoms with van der Waals surface area (Å²) < 4.78 is 30.5. The SMILES string of the molecule is [2H]C([2H])(c1cccc(CC(C(=O)O)C2CCNC2)c1)N(CCOc1cccc(CC(C(=O)O)C2CCNC2)c1)C(=O)Oc1cccc(CC(C(=O)O)C2CCNC2)c1. The summed E-state index contributed by atoms with van der Waals surface area (Å²) in [5, 5.41) is 39.7. The summed E-state index contributed by atoms with van der Waals surface area (Å²) in [5.74, 6) is -4.06. The topological polar surface area (TPSA) is 187 Å². The van der Waals surface area contributed by atoms with Crippen molar-refractivity contribution in [3.63, 3.8) is 0 Å². The van der Waals surface area contributed by atoms with Gasteiger partial charge in [0.2, 0.25) is 0 Å². The predicted molar refractivity (Wildman–Crippen MR) is 209 cm³/mol. The van der Waals surface area contributed by atoms with Gasteiger partial charge in [-0.3, -0.25) is 14.4 Å². The van der Waals surface area contributed by atoms with E-state index >= 15 is 0 Å². The lowest BCUT2D eigenvalue weighted by Crippen LogP contribution is -2.36. The summed E-state index contributed by atoms with van der Waals surface area (Å²) in [6.07, 6.45) is 2.00. The van der Waals surface area contributed by atoms with Crippen LogP contribution in [-0.4, -0.2) is 96.6 Å². The van der Waals surface area contributed by atoms with Gasteiger partial charge >= 0.3 is 24.0 Å². The van der Waals surface area contributed by atoms with E-state index < -0.39 is 48.3 Å². The Bertz CT molecular complexity index is 1900. The molecular weight excluding hydrogens is 716 g/mol. The molecule has 0 spiro atoms. The molecule has 0 aromatic heterocycles. The molecule has 3 fully saturated rings. The van der Waals surface area contributed by atoms with Crippen molar-refractivity contribution in [3.8, 4) is 11.5 Å². The fraction of sp³-hybridized carbons (Fsp3) is 0.488. The number of benzene rings is 3. The molecule has 300 valence electrons. The van der Waals surface area contributed by atoms with Gasteiger partial charge in [-0.25, -0.2) is 4.79 Å². The van der Waals surface area contributed by atoms with Crippen molar-refractivity contribution in [1.82, 2.24) is 20.9 Å². The van der Waals surface area contributed by atoms with Crippen molar-refractivity contribution in [2.24, 2.45) is 35.5 Å². The number of carbonyl (C=O) groups excluding carboxylic acids is 1. The van der Waals surface area contributed by atoms with Crippen LogP contribution < -0.4 is 25.4 Å². The second kappa shape index (κ2) is 19.7. The Kier molecular flexibility index (Phi) is 13.4. The lowest BCUT2D eigenvalue weighted by atomic mass is 9.86. The molecule has 3 aliphatic rings. The number of aliphatic carboxylic acids is 3. The maximum absolute atomic E-state index is 14.1. The number of carbonyl (C=O) groups is 4. The van der Waals surface area contributed by atoms with Gasteiger partial charge in [0.1, 0.15) is 18.1 Å². The van der Waals surface area contributed by atoms with Crippen LogP contribution in [0.3, 0.4) is 0 Å². The number of hydrogen-bond acceptors (Lipinski definition) is 9. The van der Waals surface area contributed by atoms with Crippen LogP contribution in [-0.2, 0) is 40.1 Å². The van der Waals surface area contributed by atoms with E-state index in [1.54, 1.807) is 66.7 Å². The van der Waals surface area contributed by atoms with Crippen LogP contribution in [0, 0.1) is 35.5 Å². The zero-order valence-electron chi connectivity index (χ0n) is 33.5. The Morgan fingerprint density at radius 2 is 1.07 bits per heavy atom. The van der Waals surface area contributed by atoms with Gasteiger partial charge in [0, 0.05) is 6.50 Å². The highest BCUT2D eigenvalue weighted by Crippen LogP contribution is 2.28. The van der Waals surface area contributed by atoms with E-state index in [1.165, 1.54) is 0 Å². The van der Waals surface area contributed by atoms with Gasteiger partial charge in [-0.1, -0.05) is 48.5 Å². The molecule has 0 saturated carbocycles. The number of nitrogens with one attached hydrogen (secondary N) is 3. The van der Waals surface area contributed by atoms with E-state index in [0.29, 0.717) is 42.9 Å². The normalized spacial score (nSPS) is 21.7. The first-order valence-electron chi connectivity index (χ1n) is 20.6. The molecular formula is C43H54N4O9. The number of carboxylic acids is 3. The van der Waals surface area contributed by atoms with Crippen molar-refractivity contribution in [3.05, 3.63) is 95.1 Å². The molecule has 13 heteroatoms. The van der Waals surface area contributed by atoms with Crippen LogP contribution >= 0.6 is 0 Å². The van der Waals surface area contributed by atoms with Crippen molar-refractivity contribution in [2.75, 3.05) is 52.4 Å². The van der Waals surface area contributed by atoms with Gasteiger partial charge < -0.3 is 45.6 Å². The summed E-state index contributed by atoms with van der Waals surface area (Å²) in [5.41, 5.74) is 2.19. The lowest BCUT2D eigenvalue weighted by Gasteiger charge is -2.24. The molecule has 6 unspecified atom stereocenters. The first kappa shape index (κ1) is 37.9. The highest BCUT2D eigenvalue weighted by molar-refractivity contribution is 5.73. The standard InChI is InChI=1S/C43H54N4O9/c48-40(49)37(32-10-13-44-24-32)21-28-4-1-7-31(18-28)27-47(16-17-55-35-8-2-5-29(19-35)22-38(41(50)51)33-11-14-45-25-33)43(54)56-36-9-3-6-30(20-36)23-39(42(52)53)34-12-15-46-26-34/h1-9,18-20,32-34,37-39,44-46H,10-17,21-27H2,(H,48,49)(H,50,51)(H,52,53)/i27D2. The van der Waals surface area contributed by atoms with Gasteiger partial charge in [-0.05, 0) is 142 Å². The largest absolute Gasteiger partial charge is 0.492 e. The summed E-state index contributed by atoms with van der Waals surface area (Å²) in [6, 6.07) is 20.2.